The van der Waals surface area contributed by atoms with Gasteiger partial charge in [-0.05, 0) is 13.8 Å². The lowest BCUT2D eigenvalue weighted by Crippen LogP contribution is -2.17. The molecule has 0 saturated carbocycles. The van der Waals surface area contributed by atoms with E-state index in [4.69, 9.17) is 16.3 Å². The molecule has 104 valence electrons. The summed E-state index contributed by atoms with van der Waals surface area (Å²) in [4.78, 5) is 16.2. The number of fused-ring (bicyclic) bond motifs is 1. The van der Waals surface area contributed by atoms with E-state index in [0.29, 0.717) is 18.9 Å². The number of hydrogen-bond donors (Lipinski definition) is 0. The van der Waals surface area contributed by atoms with Gasteiger partial charge in [-0.15, -0.1) is 11.6 Å². The summed E-state index contributed by atoms with van der Waals surface area (Å²) >= 11 is 5.79. The van der Waals surface area contributed by atoms with Gasteiger partial charge in [0, 0.05) is 19.3 Å². The maximum atomic E-state index is 11.7. The average molecular weight is 285 g/mol. The maximum Gasteiger partial charge on any atom is 0.326 e. The first-order chi connectivity index (χ1) is 9.08. The average Bonchev–Trinajstić information content (AvgIpc) is 2.81. The molecule has 0 radical (unpaired) electrons. The number of esters is 1. The molecule has 0 fully saturated rings. The molecule has 0 atom stereocenters. The fourth-order valence-corrected chi connectivity index (χ4v) is 2.33. The van der Waals surface area contributed by atoms with E-state index in [0.717, 1.165) is 22.7 Å². The molecule has 2 rings (SSSR count). The minimum atomic E-state index is -0.281. The third-order valence-corrected chi connectivity index (χ3v) is 3.07. The van der Waals surface area contributed by atoms with Crippen LogP contribution in [0, 0.1) is 6.92 Å². The normalized spacial score (nSPS) is 11.2. The van der Waals surface area contributed by atoms with Crippen LogP contribution in [0.1, 0.15) is 18.4 Å². The van der Waals surface area contributed by atoms with Gasteiger partial charge in [-0.3, -0.25) is 9.48 Å². The zero-order valence-corrected chi connectivity index (χ0v) is 12.1. The number of rotatable bonds is 5. The van der Waals surface area contributed by atoms with E-state index in [1.165, 1.54) is 0 Å². The molecule has 0 saturated heterocycles. The van der Waals surface area contributed by atoms with Crippen LogP contribution in [-0.2, 0) is 29.5 Å². The molecule has 0 aliphatic rings. The van der Waals surface area contributed by atoms with Crippen molar-refractivity contribution < 1.29 is 9.53 Å². The SMILES string of the molecule is CCOC(=O)Cn1c(CCCl)nc2c(C)nn(C)c21. The number of aromatic nitrogens is 4. The number of ether oxygens (including phenoxy) is 1. The van der Waals surface area contributed by atoms with E-state index < -0.39 is 0 Å². The van der Waals surface area contributed by atoms with Crippen LogP contribution in [0.4, 0.5) is 0 Å². The first-order valence-electron chi connectivity index (χ1n) is 6.18. The lowest BCUT2D eigenvalue weighted by Gasteiger charge is -2.08. The lowest BCUT2D eigenvalue weighted by atomic mass is 10.4. The Hall–Kier alpha value is -1.56. The molecule has 2 aromatic heterocycles. The largest absolute Gasteiger partial charge is 0.465 e. The lowest BCUT2D eigenvalue weighted by molar-refractivity contribution is -0.143. The van der Waals surface area contributed by atoms with Gasteiger partial charge < -0.3 is 9.30 Å². The molecule has 7 heteroatoms. The van der Waals surface area contributed by atoms with Gasteiger partial charge in [0.05, 0.1) is 12.3 Å². The molecule has 0 amide bonds. The Kier molecular flexibility index (Phi) is 4.09. The van der Waals surface area contributed by atoms with Gasteiger partial charge in [-0.2, -0.15) is 5.10 Å². The van der Waals surface area contributed by atoms with Gasteiger partial charge in [-0.1, -0.05) is 0 Å². The van der Waals surface area contributed by atoms with Gasteiger partial charge in [0.1, 0.15) is 17.9 Å². The van der Waals surface area contributed by atoms with Crippen molar-refractivity contribution in [2.45, 2.75) is 26.8 Å². The first-order valence-corrected chi connectivity index (χ1v) is 6.72. The number of halogens is 1. The highest BCUT2D eigenvalue weighted by molar-refractivity contribution is 6.17. The van der Waals surface area contributed by atoms with Crippen LogP contribution in [0.15, 0.2) is 0 Å². The summed E-state index contributed by atoms with van der Waals surface area (Å²) in [5.41, 5.74) is 2.48. The van der Waals surface area contributed by atoms with Crippen LogP contribution >= 0.6 is 11.6 Å². The van der Waals surface area contributed by atoms with Crippen LogP contribution in [-0.4, -0.2) is 37.8 Å². The fraction of sp³-hybridized carbons (Fsp3) is 0.583. The van der Waals surface area contributed by atoms with Crippen molar-refractivity contribution in [1.82, 2.24) is 19.3 Å². The molecule has 2 heterocycles. The highest BCUT2D eigenvalue weighted by Gasteiger charge is 2.19. The molecule has 6 nitrogen and oxygen atoms in total. The molecule has 0 unspecified atom stereocenters. The predicted molar refractivity (Wildman–Crippen MR) is 72.3 cm³/mol. The summed E-state index contributed by atoms with van der Waals surface area (Å²) < 4.78 is 8.55. The van der Waals surface area contributed by atoms with Crippen LogP contribution in [0.3, 0.4) is 0 Å². The van der Waals surface area contributed by atoms with Crippen LogP contribution in [0.25, 0.3) is 11.2 Å². The Morgan fingerprint density at radius 1 is 1.47 bits per heavy atom. The standard InChI is InChI=1S/C12H17ClN4O2/c1-4-19-10(18)7-17-9(5-6-13)14-11-8(2)15-16(3)12(11)17/h4-7H2,1-3H3. The molecule has 0 spiro atoms. The van der Waals surface area contributed by atoms with Gasteiger partial charge in [0.2, 0.25) is 0 Å². The van der Waals surface area contributed by atoms with Crippen LogP contribution < -0.4 is 0 Å². The second kappa shape index (κ2) is 5.61. The van der Waals surface area contributed by atoms with Crippen LogP contribution in [0.2, 0.25) is 0 Å². The van der Waals surface area contributed by atoms with E-state index >= 15 is 0 Å². The summed E-state index contributed by atoms with van der Waals surface area (Å²) in [7, 11) is 1.84. The number of hydrogen-bond acceptors (Lipinski definition) is 4. The Morgan fingerprint density at radius 2 is 2.21 bits per heavy atom. The Bertz CT molecular complexity index is 602. The summed E-state index contributed by atoms with van der Waals surface area (Å²) in [5.74, 6) is 0.962. The van der Waals surface area contributed by atoms with E-state index in [1.54, 1.807) is 11.6 Å². The van der Waals surface area contributed by atoms with Crippen molar-refractivity contribution >= 4 is 28.7 Å². The molecular formula is C12H17ClN4O2. The highest BCUT2D eigenvalue weighted by atomic mass is 35.5. The molecule has 2 aromatic rings. The Balaban J connectivity index is 2.47. The summed E-state index contributed by atoms with van der Waals surface area (Å²) in [6, 6.07) is 0. The monoisotopic (exact) mass is 284 g/mol. The van der Waals surface area contributed by atoms with Gasteiger partial charge in [-0.25, -0.2) is 4.98 Å². The Labute approximate surface area is 116 Å². The minimum Gasteiger partial charge on any atom is -0.465 e. The number of imidazole rings is 1. The first kappa shape index (κ1) is 13.9. The smallest absolute Gasteiger partial charge is 0.326 e. The number of nitrogens with zero attached hydrogens (tertiary/aromatic N) is 4. The fourth-order valence-electron chi connectivity index (χ4n) is 2.16. The van der Waals surface area contributed by atoms with E-state index in [1.807, 2.05) is 18.5 Å². The van der Waals surface area contributed by atoms with Crippen molar-refractivity contribution in [1.29, 1.82) is 0 Å². The number of carbonyl (C=O) groups is 1. The highest BCUT2D eigenvalue weighted by Crippen LogP contribution is 2.19. The van der Waals surface area contributed by atoms with Gasteiger partial charge in [0.15, 0.2) is 5.65 Å². The number of carbonyl (C=O) groups excluding carboxylic acids is 1. The second-order valence-corrected chi connectivity index (χ2v) is 4.62. The summed E-state index contributed by atoms with van der Waals surface area (Å²) in [5, 5.41) is 4.31. The molecule has 0 aromatic carbocycles. The molecule has 0 aliphatic heterocycles. The third kappa shape index (κ3) is 2.58. The molecular weight excluding hydrogens is 268 g/mol. The Morgan fingerprint density at radius 3 is 2.84 bits per heavy atom. The van der Waals surface area contributed by atoms with E-state index in [2.05, 4.69) is 10.1 Å². The predicted octanol–water partition coefficient (Wildman–Crippen LogP) is 1.42. The third-order valence-electron chi connectivity index (χ3n) is 2.88. The van der Waals surface area contributed by atoms with Crippen molar-refractivity contribution in [2.24, 2.45) is 7.05 Å². The van der Waals surface area contributed by atoms with Crippen molar-refractivity contribution in [3.8, 4) is 0 Å². The zero-order chi connectivity index (χ0) is 14.0. The summed E-state index contributed by atoms with van der Waals surface area (Å²) in [6.45, 7) is 4.19. The number of aryl methyl sites for hydroxylation is 3. The van der Waals surface area contributed by atoms with Crippen molar-refractivity contribution in [2.75, 3.05) is 12.5 Å². The molecule has 0 N–H and O–H groups in total. The molecule has 19 heavy (non-hydrogen) atoms. The minimum absolute atomic E-state index is 0.134. The second-order valence-electron chi connectivity index (χ2n) is 4.24. The van der Waals surface area contributed by atoms with E-state index in [9.17, 15) is 4.79 Å². The van der Waals surface area contributed by atoms with Crippen LogP contribution in [0.5, 0.6) is 0 Å². The van der Waals surface area contributed by atoms with Crippen molar-refractivity contribution in [3.63, 3.8) is 0 Å². The maximum absolute atomic E-state index is 11.7. The summed E-state index contributed by atoms with van der Waals surface area (Å²) in [6.07, 6.45) is 0.606. The molecule has 0 aliphatic carbocycles. The van der Waals surface area contributed by atoms with Gasteiger partial charge >= 0.3 is 5.97 Å². The quantitative estimate of drug-likeness (QED) is 0.615. The molecule has 0 bridgehead atoms. The van der Waals surface area contributed by atoms with Gasteiger partial charge in [0.25, 0.3) is 0 Å². The van der Waals surface area contributed by atoms with Crippen molar-refractivity contribution in [3.05, 3.63) is 11.5 Å². The number of alkyl halides is 1. The topological polar surface area (TPSA) is 61.9 Å². The van der Waals surface area contributed by atoms with E-state index in [-0.39, 0.29) is 12.5 Å². The zero-order valence-electron chi connectivity index (χ0n) is 11.3.